The lowest BCUT2D eigenvalue weighted by Gasteiger charge is -2.26. The van der Waals surface area contributed by atoms with Crippen molar-refractivity contribution in [3.8, 4) is 0 Å². The average molecular weight is 434 g/mol. The number of hydrogen-bond donors (Lipinski definition) is 1. The Morgan fingerprint density at radius 3 is 2.57 bits per heavy atom. The maximum Gasteiger partial charge on any atom is 0.338 e. The van der Waals surface area contributed by atoms with E-state index in [2.05, 4.69) is 20.4 Å². The average Bonchev–Trinajstić information content (AvgIpc) is 3.15. The van der Waals surface area contributed by atoms with Crippen LogP contribution < -0.4 is 5.32 Å². The first-order chi connectivity index (χ1) is 14.6. The van der Waals surface area contributed by atoms with Crippen LogP contribution in [0.2, 0.25) is 0 Å². The van der Waals surface area contributed by atoms with Gasteiger partial charge in [0.2, 0.25) is 5.91 Å². The predicted octanol–water partition coefficient (Wildman–Crippen LogP) is 2.04. The maximum absolute atomic E-state index is 12.3. The fraction of sp³-hybridized carbons (Fsp3) is 0.500. The molecule has 30 heavy (non-hydrogen) atoms. The number of anilines is 1. The molecule has 1 amide bonds. The Morgan fingerprint density at radius 1 is 1.17 bits per heavy atom. The highest BCUT2D eigenvalue weighted by atomic mass is 32.2. The molecule has 2 heterocycles. The SMILES string of the molecule is CCOC(=O)c1ccc(NC(=O)CSc2nnc(CN3CCOCC3)n2CC)cc1. The molecular weight excluding hydrogens is 406 g/mol. The Bertz CT molecular complexity index is 849. The number of rotatable bonds is 9. The Kier molecular flexibility index (Phi) is 8.23. The number of morpholine rings is 1. The number of carbonyl (C=O) groups excluding carboxylic acids is 2. The standard InChI is InChI=1S/C20H27N5O4S/c1-3-25-17(13-24-9-11-28-12-10-24)22-23-20(25)30-14-18(26)21-16-7-5-15(6-8-16)19(27)29-4-2/h5-8H,3-4,9-14H2,1-2H3,(H,21,26). The van der Waals surface area contributed by atoms with Crippen LogP contribution in [0.25, 0.3) is 0 Å². The van der Waals surface area contributed by atoms with Crippen LogP contribution in [0.15, 0.2) is 29.4 Å². The van der Waals surface area contributed by atoms with Crippen molar-refractivity contribution >= 4 is 29.3 Å². The molecule has 2 aromatic rings. The lowest BCUT2D eigenvalue weighted by Crippen LogP contribution is -2.36. The first-order valence-corrected chi connectivity index (χ1v) is 11.0. The molecule has 162 valence electrons. The number of esters is 1. The molecule has 1 aromatic heterocycles. The highest BCUT2D eigenvalue weighted by molar-refractivity contribution is 7.99. The summed E-state index contributed by atoms with van der Waals surface area (Å²) >= 11 is 1.36. The van der Waals surface area contributed by atoms with E-state index in [1.807, 2.05) is 11.5 Å². The normalized spacial score (nSPS) is 14.5. The summed E-state index contributed by atoms with van der Waals surface area (Å²) < 4.78 is 12.4. The molecule has 0 spiro atoms. The molecule has 1 aliphatic rings. The van der Waals surface area contributed by atoms with Gasteiger partial charge in [0.15, 0.2) is 5.16 Å². The number of ether oxygens (including phenoxy) is 2. The number of thioether (sulfide) groups is 1. The van der Waals surface area contributed by atoms with Crippen LogP contribution in [0.4, 0.5) is 5.69 Å². The van der Waals surface area contributed by atoms with E-state index in [0.29, 0.717) is 17.9 Å². The molecule has 1 aromatic carbocycles. The second-order valence-corrected chi connectivity index (χ2v) is 7.61. The van der Waals surface area contributed by atoms with Gasteiger partial charge in [0.05, 0.1) is 37.7 Å². The van der Waals surface area contributed by atoms with Crippen LogP contribution in [0, 0.1) is 0 Å². The van der Waals surface area contributed by atoms with Gasteiger partial charge in [-0.1, -0.05) is 11.8 Å². The summed E-state index contributed by atoms with van der Waals surface area (Å²) in [5, 5.41) is 12.1. The zero-order valence-corrected chi connectivity index (χ0v) is 18.1. The number of hydrogen-bond acceptors (Lipinski definition) is 8. The van der Waals surface area contributed by atoms with Crippen LogP contribution >= 0.6 is 11.8 Å². The molecule has 1 saturated heterocycles. The molecule has 0 radical (unpaired) electrons. The molecule has 0 unspecified atom stereocenters. The van der Waals surface area contributed by atoms with Crippen molar-refractivity contribution in [2.45, 2.75) is 32.1 Å². The molecule has 0 atom stereocenters. The third-order valence-corrected chi connectivity index (χ3v) is 5.56. The quantitative estimate of drug-likeness (QED) is 0.474. The molecule has 3 rings (SSSR count). The van der Waals surface area contributed by atoms with Crippen molar-refractivity contribution in [2.24, 2.45) is 0 Å². The monoisotopic (exact) mass is 433 g/mol. The number of aromatic nitrogens is 3. The van der Waals surface area contributed by atoms with E-state index in [4.69, 9.17) is 9.47 Å². The van der Waals surface area contributed by atoms with Gasteiger partial charge < -0.3 is 19.4 Å². The van der Waals surface area contributed by atoms with Crippen molar-refractivity contribution in [1.82, 2.24) is 19.7 Å². The number of amides is 1. The topological polar surface area (TPSA) is 98.6 Å². The molecule has 9 nitrogen and oxygen atoms in total. The van der Waals surface area contributed by atoms with Gasteiger partial charge in [0, 0.05) is 25.3 Å². The summed E-state index contributed by atoms with van der Waals surface area (Å²) in [6, 6.07) is 6.63. The van der Waals surface area contributed by atoms with Gasteiger partial charge in [0.25, 0.3) is 0 Å². The van der Waals surface area contributed by atoms with E-state index in [0.717, 1.165) is 50.4 Å². The van der Waals surface area contributed by atoms with E-state index in [9.17, 15) is 9.59 Å². The lowest BCUT2D eigenvalue weighted by atomic mass is 10.2. The molecule has 0 aliphatic carbocycles. The maximum atomic E-state index is 12.3. The fourth-order valence-corrected chi connectivity index (χ4v) is 3.87. The molecule has 0 saturated carbocycles. The molecule has 1 N–H and O–H groups in total. The summed E-state index contributed by atoms with van der Waals surface area (Å²) in [5.41, 5.74) is 1.08. The van der Waals surface area contributed by atoms with E-state index >= 15 is 0 Å². The van der Waals surface area contributed by atoms with Crippen LogP contribution in [0.1, 0.15) is 30.0 Å². The molecule has 1 aliphatic heterocycles. The zero-order valence-electron chi connectivity index (χ0n) is 17.3. The highest BCUT2D eigenvalue weighted by Gasteiger charge is 2.18. The Morgan fingerprint density at radius 2 is 1.90 bits per heavy atom. The van der Waals surface area contributed by atoms with Gasteiger partial charge in [0.1, 0.15) is 5.82 Å². The highest BCUT2D eigenvalue weighted by Crippen LogP contribution is 2.19. The van der Waals surface area contributed by atoms with Crippen molar-refractivity contribution in [3.05, 3.63) is 35.7 Å². The number of nitrogens with zero attached hydrogens (tertiary/aromatic N) is 4. The largest absolute Gasteiger partial charge is 0.462 e. The minimum atomic E-state index is -0.377. The van der Waals surface area contributed by atoms with E-state index in [1.54, 1.807) is 31.2 Å². The van der Waals surface area contributed by atoms with Gasteiger partial charge in [-0.05, 0) is 38.1 Å². The van der Waals surface area contributed by atoms with Gasteiger partial charge in [-0.3, -0.25) is 9.69 Å². The third-order valence-electron chi connectivity index (χ3n) is 4.59. The summed E-state index contributed by atoms with van der Waals surface area (Å²) in [6.45, 7) is 8.84. The van der Waals surface area contributed by atoms with Crippen LogP contribution in [0.5, 0.6) is 0 Å². The van der Waals surface area contributed by atoms with Crippen molar-refractivity contribution < 1.29 is 19.1 Å². The Labute approximate surface area is 180 Å². The Balaban J connectivity index is 1.52. The third kappa shape index (κ3) is 6.04. The summed E-state index contributed by atoms with van der Waals surface area (Å²) in [5.74, 6) is 0.592. The van der Waals surface area contributed by atoms with E-state index < -0.39 is 0 Å². The van der Waals surface area contributed by atoms with Crippen LogP contribution in [-0.4, -0.2) is 70.2 Å². The van der Waals surface area contributed by atoms with Crippen molar-refractivity contribution in [3.63, 3.8) is 0 Å². The van der Waals surface area contributed by atoms with Gasteiger partial charge in [-0.2, -0.15) is 0 Å². The number of benzene rings is 1. The minimum Gasteiger partial charge on any atom is -0.462 e. The smallest absolute Gasteiger partial charge is 0.338 e. The van der Waals surface area contributed by atoms with Crippen molar-refractivity contribution in [2.75, 3.05) is 44.0 Å². The number of nitrogens with one attached hydrogen (secondary N) is 1. The Hall–Kier alpha value is -2.43. The lowest BCUT2D eigenvalue weighted by molar-refractivity contribution is -0.113. The second kappa shape index (κ2) is 11.1. The van der Waals surface area contributed by atoms with Gasteiger partial charge in [-0.25, -0.2) is 4.79 Å². The van der Waals surface area contributed by atoms with Crippen LogP contribution in [-0.2, 0) is 27.4 Å². The predicted molar refractivity (Wildman–Crippen MR) is 114 cm³/mol. The zero-order chi connectivity index (χ0) is 21.3. The van der Waals surface area contributed by atoms with Gasteiger partial charge in [-0.15, -0.1) is 10.2 Å². The molecule has 10 heteroatoms. The molecule has 0 bridgehead atoms. The van der Waals surface area contributed by atoms with E-state index in [-0.39, 0.29) is 17.6 Å². The summed E-state index contributed by atoms with van der Waals surface area (Å²) in [7, 11) is 0. The summed E-state index contributed by atoms with van der Waals surface area (Å²) in [6.07, 6.45) is 0. The number of carbonyl (C=O) groups is 2. The van der Waals surface area contributed by atoms with E-state index in [1.165, 1.54) is 11.8 Å². The first kappa shape index (κ1) is 22.3. The second-order valence-electron chi connectivity index (χ2n) is 6.67. The summed E-state index contributed by atoms with van der Waals surface area (Å²) in [4.78, 5) is 26.3. The van der Waals surface area contributed by atoms with Crippen LogP contribution in [0.3, 0.4) is 0 Å². The minimum absolute atomic E-state index is 0.149. The first-order valence-electron chi connectivity index (χ1n) is 10.0. The fourth-order valence-electron chi connectivity index (χ4n) is 3.05. The van der Waals surface area contributed by atoms with Crippen molar-refractivity contribution in [1.29, 1.82) is 0 Å². The molecular formula is C20H27N5O4S. The molecule has 1 fully saturated rings. The van der Waals surface area contributed by atoms with Gasteiger partial charge >= 0.3 is 5.97 Å².